The molecule has 1 rings (SSSR count). The van der Waals surface area contributed by atoms with Crippen molar-refractivity contribution in [3.63, 3.8) is 0 Å². The maximum Gasteiger partial charge on any atom is 0.266 e. The minimum Gasteiger partial charge on any atom is -0.298 e. The molecule has 0 aromatic rings. The van der Waals surface area contributed by atoms with Crippen LogP contribution in [-0.4, -0.2) is 30.5 Å². The van der Waals surface area contributed by atoms with Crippen LogP contribution < -0.4 is 0 Å². The van der Waals surface area contributed by atoms with Gasteiger partial charge in [0.2, 0.25) is 0 Å². The Morgan fingerprint density at radius 3 is 2.29 bits per heavy atom. The molecule has 0 aliphatic carbocycles. The van der Waals surface area contributed by atoms with E-state index in [1.165, 1.54) is 0 Å². The number of nitrogens with zero attached hydrogens (tertiary/aromatic N) is 1. The van der Waals surface area contributed by atoms with E-state index in [2.05, 4.69) is 0 Å². The van der Waals surface area contributed by atoms with E-state index in [1.807, 2.05) is 25.7 Å². The Balaban J connectivity index is 2.82. The molecule has 1 heterocycles. The Kier molecular flexibility index (Phi) is 3.20. The van der Waals surface area contributed by atoms with Crippen molar-refractivity contribution < 1.29 is 8.78 Å². The van der Waals surface area contributed by atoms with E-state index in [9.17, 15) is 8.78 Å². The summed E-state index contributed by atoms with van der Waals surface area (Å²) < 4.78 is 27.8. The summed E-state index contributed by atoms with van der Waals surface area (Å²) in [4.78, 5) is 1.84. The SMILES string of the molecule is CCN1CCC(C)(C(C)C)C(F)(F)C1. The van der Waals surface area contributed by atoms with Crippen molar-refractivity contribution >= 4 is 0 Å². The van der Waals surface area contributed by atoms with Gasteiger partial charge >= 0.3 is 0 Å². The normalized spacial score (nSPS) is 33.6. The monoisotopic (exact) mass is 205 g/mol. The minimum absolute atomic E-state index is 0.0384. The van der Waals surface area contributed by atoms with Gasteiger partial charge in [0.25, 0.3) is 5.92 Å². The van der Waals surface area contributed by atoms with Gasteiger partial charge in [-0.3, -0.25) is 4.90 Å². The van der Waals surface area contributed by atoms with Crippen LogP contribution in [0.25, 0.3) is 0 Å². The number of hydrogen-bond acceptors (Lipinski definition) is 1. The highest BCUT2D eigenvalue weighted by molar-refractivity contribution is 4.97. The Labute approximate surface area is 85.5 Å². The van der Waals surface area contributed by atoms with Gasteiger partial charge in [-0.2, -0.15) is 0 Å². The van der Waals surface area contributed by atoms with Crippen molar-refractivity contribution in [2.75, 3.05) is 19.6 Å². The highest BCUT2D eigenvalue weighted by atomic mass is 19.3. The van der Waals surface area contributed by atoms with E-state index in [1.54, 1.807) is 6.92 Å². The summed E-state index contributed by atoms with van der Waals surface area (Å²) in [7, 11) is 0. The largest absolute Gasteiger partial charge is 0.298 e. The molecule has 0 aromatic carbocycles. The smallest absolute Gasteiger partial charge is 0.266 e. The molecular formula is C11H21F2N. The van der Waals surface area contributed by atoms with Crippen molar-refractivity contribution in [3.05, 3.63) is 0 Å². The van der Waals surface area contributed by atoms with Gasteiger partial charge in [-0.25, -0.2) is 8.78 Å². The van der Waals surface area contributed by atoms with Crippen LogP contribution in [0.2, 0.25) is 0 Å². The predicted molar refractivity (Wildman–Crippen MR) is 54.6 cm³/mol. The summed E-state index contributed by atoms with van der Waals surface area (Å²) in [6.07, 6.45) is 0.603. The lowest BCUT2D eigenvalue weighted by molar-refractivity contribution is -0.179. The Bertz CT molecular complexity index is 203. The van der Waals surface area contributed by atoms with Crippen molar-refractivity contribution in [1.29, 1.82) is 0 Å². The maximum absolute atomic E-state index is 13.9. The van der Waals surface area contributed by atoms with E-state index in [-0.39, 0.29) is 12.5 Å². The molecule has 0 aromatic heterocycles. The predicted octanol–water partition coefficient (Wildman–Crippen LogP) is 3.01. The fraction of sp³-hybridized carbons (Fsp3) is 1.00. The lowest BCUT2D eigenvalue weighted by atomic mass is 9.69. The first-order valence-corrected chi connectivity index (χ1v) is 5.43. The van der Waals surface area contributed by atoms with Crippen LogP contribution in [0.3, 0.4) is 0 Å². The summed E-state index contributed by atoms with van der Waals surface area (Å²) in [5, 5.41) is 0. The van der Waals surface area contributed by atoms with Gasteiger partial charge in [-0.1, -0.05) is 27.7 Å². The van der Waals surface area contributed by atoms with Gasteiger partial charge in [0.05, 0.1) is 6.54 Å². The second-order valence-electron chi connectivity index (χ2n) is 4.90. The zero-order valence-corrected chi connectivity index (χ0v) is 9.61. The molecule has 1 aliphatic heterocycles. The fourth-order valence-corrected chi connectivity index (χ4v) is 2.09. The van der Waals surface area contributed by atoms with Crippen molar-refractivity contribution in [3.8, 4) is 0 Å². The van der Waals surface area contributed by atoms with Crippen LogP contribution in [0.15, 0.2) is 0 Å². The molecule has 1 unspecified atom stereocenters. The first-order valence-electron chi connectivity index (χ1n) is 5.43. The summed E-state index contributed by atoms with van der Waals surface area (Å²) in [6.45, 7) is 8.92. The Morgan fingerprint density at radius 2 is 1.93 bits per heavy atom. The molecule has 0 saturated carbocycles. The molecule has 0 bridgehead atoms. The number of piperidine rings is 1. The third-order valence-corrected chi connectivity index (χ3v) is 3.93. The number of likely N-dealkylation sites (tertiary alicyclic amines) is 1. The van der Waals surface area contributed by atoms with E-state index >= 15 is 0 Å². The number of hydrogen-bond donors (Lipinski definition) is 0. The molecule has 14 heavy (non-hydrogen) atoms. The molecule has 0 spiro atoms. The van der Waals surface area contributed by atoms with Crippen LogP contribution in [0.5, 0.6) is 0 Å². The molecule has 0 amide bonds. The molecule has 1 atom stereocenters. The third-order valence-electron chi connectivity index (χ3n) is 3.93. The summed E-state index contributed by atoms with van der Waals surface area (Å²) in [5.74, 6) is -2.51. The summed E-state index contributed by atoms with van der Waals surface area (Å²) >= 11 is 0. The average molecular weight is 205 g/mol. The van der Waals surface area contributed by atoms with Crippen LogP contribution in [-0.2, 0) is 0 Å². The zero-order chi connectivity index (χ0) is 11.0. The number of alkyl halides is 2. The Morgan fingerprint density at radius 1 is 1.36 bits per heavy atom. The van der Waals surface area contributed by atoms with Crippen molar-refractivity contribution in [2.45, 2.75) is 40.0 Å². The average Bonchev–Trinajstić information content (AvgIpc) is 2.09. The standard InChI is InChI=1S/C11H21F2N/c1-5-14-7-6-10(4,9(2)3)11(12,13)8-14/h9H,5-8H2,1-4H3. The van der Waals surface area contributed by atoms with Gasteiger partial charge < -0.3 is 0 Å². The first-order chi connectivity index (χ1) is 6.33. The molecular weight excluding hydrogens is 184 g/mol. The Hall–Kier alpha value is -0.180. The summed E-state index contributed by atoms with van der Waals surface area (Å²) in [6, 6.07) is 0. The topological polar surface area (TPSA) is 3.24 Å². The van der Waals surface area contributed by atoms with Crippen molar-refractivity contribution in [2.24, 2.45) is 11.3 Å². The van der Waals surface area contributed by atoms with Gasteiger partial charge in [-0.05, 0) is 25.4 Å². The molecule has 1 nitrogen and oxygen atoms in total. The second-order valence-corrected chi connectivity index (χ2v) is 4.90. The molecule has 0 N–H and O–H groups in total. The summed E-state index contributed by atoms with van der Waals surface area (Å²) in [5.41, 5.74) is -0.821. The lowest BCUT2D eigenvalue weighted by Gasteiger charge is -2.47. The van der Waals surface area contributed by atoms with Gasteiger partial charge in [0.1, 0.15) is 0 Å². The van der Waals surface area contributed by atoms with E-state index in [0.29, 0.717) is 6.42 Å². The van der Waals surface area contributed by atoms with Gasteiger partial charge in [-0.15, -0.1) is 0 Å². The number of rotatable bonds is 2. The quantitative estimate of drug-likeness (QED) is 0.670. The van der Waals surface area contributed by atoms with Crippen molar-refractivity contribution in [1.82, 2.24) is 4.90 Å². The molecule has 84 valence electrons. The molecule has 3 heteroatoms. The van der Waals surface area contributed by atoms with Crippen LogP contribution in [0.1, 0.15) is 34.1 Å². The highest BCUT2D eigenvalue weighted by Crippen LogP contribution is 2.48. The van der Waals surface area contributed by atoms with Crippen LogP contribution in [0.4, 0.5) is 8.78 Å². The molecule has 1 fully saturated rings. The van der Waals surface area contributed by atoms with Gasteiger partial charge in [0.15, 0.2) is 0 Å². The molecule has 1 aliphatic rings. The fourth-order valence-electron chi connectivity index (χ4n) is 2.09. The molecule has 1 saturated heterocycles. The zero-order valence-electron chi connectivity index (χ0n) is 9.61. The first kappa shape index (κ1) is 11.9. The maximum atomic E-state index is 13.9. The van der Waals surface area contributed by atoms with E-state index in [4.69, 9.17) is 0 Å². The molecule has 0 radical (unpaired) electrons. The van der Waals surface area contributed by atoms with Gasteiger partial charge in [0, 0.05) is 5.41 Å². The van der Waals surface area contributed by atoms with Crippen LogP contribution in [0, 0.1) is 11.3 Å². The highest BCUT2D eigenvalue weighted by Gasteiger charge is 2.54. The second kappa shape index (κ2) is 3.76. The number of halogens is 2. The van der Waals surface area contributed by atoms with Crippen LogP contribution >= 0.6 is 0 Å². The minimum atomic E-state index is -2.55. The van der Waals surface area contributed by atoms with E-state index in [0.717, 1.165) is 13.1 Å². The lowest BCUT2D eigenvalue weighted by Crippen LogP contribution is -2.56. The third kappa shape index (κ3) is 1.79. The van der Waals surface area contributed by atoms with E-state index < -0.39 is 11.3 Å².